The van der Waals surface area contributed by atoms with E-state index in [1.807, 2.05) is 41.7 Å². The molecule has 0 aliphatic carbocycles. The predicted octanol–water partition coefficient (Wildman–Crippen LogP) is 4.86. The summed E-state index contributed by atoms with van der Waals surface area (Å²) in [5, 5.41) is 12.5. The summed E-state index contributed by atoms with van der Waals surface area (Å²) in [6.07, 6.45) is 1.84. The molecule has 4 rings (SSSR count). The van der Waals surface area contributed by atoms with E-state index in [-0.39, 0.29) is 0 Å². The third-order valence-electron chi connectivity index (χ3n) is 4.85. The molecule has 0 amide bonds. The Morgan fingerprint density at radius 3 is 2.80 bits per heavy atom. The Kier molecular flexibility index (Phi) is 5.04. The number of aliphatic hydroxyl groups is 1. The van der Waals surface area contributed by atoms with E-state index in [9.17, 15) is 5.11 Å². The molecule has 1 aliphatic heterocycles. The average Bonchev–Trinajstić information content (AvgIpc) is 3.07. The summed E-state index contributed by atoms with van der Waals surface area (Å²) >= 11 is 7.74. The molecule has 25 heavy (non-hydrogen) atoms. The van der Waals surface area contributed by atoms with Crippen LogP contribution < -0.4 is 0 Å². The zero-order valence-electron chi connectivity index (χ0n) is 13.9. The number of aromatic nitrogens is 1. The van der Waals surface area contributed by atoms with Crippen molar-refractivity contribution in [2.75, 3.05) is 19.6 Å². The maximum atomic E-state index is 10.5. The highest BCUT2D eigenvalue weighted by atomic mass is 35.5. The van der Waals surface area contributed by atoms with Gasteiger partial charge >= 0.3 is 0 Å². The highest BCUT2D eigenvalue weighted by Gasteiger charge is 2.25. The first kappa shape index (κ1) is 17.0. The summed E-state index contributed by atoms with van der Waals surface area (Å²) in [6, 6.07) is 15.8. The van der Waals surface area contributed by atoms with Crippen LogP contribution in [-0.2, 0) is 0 Å². The molecule has 0 bridgehead atoms. The van der Waals surface area contributed by atoms with Crippen molar-refractivity contribution < 1.29 is 5.11 Å². The van der Waals surface area contributed by atoms with Crippen LogP contribution in [0.15, 0.2) is 48.5 Å². The fourth-order valence-electron chi connectivity index (χ4n) is 3.52. The van der Waals surface area contributed by atoms with E-state index < -0.39 is 6.10 Å². The summed E-state index contributed by atoms with van der Waals surface area (Å²) in [6.45, 7) is 2.65. The quantitative estimate of drug-likeness (QED) is 0.710. The highest BCUT2D eigenvalue weighted by Crippen LogP contribution is 2.33. The number of β-amino-alcohol motifs (C(OH)–C–C–N with tert-alkyl or cyclic N) is 1. The van der Waals surface area contributed by atoms with Crippen LogP contribution in [0.4, 0.5) is 0 Å². The van der Waals surface area contributed by atoms with E-state index in [2.05, 4.69) is 23.1 Å². The summed E-state index contributed by atoms with van der Waals surface area (Å²) < 4.78 is 1.26. The van der Waals surface area contributed by atoms with Crippen LogP contribution in [0.2, 0.25) is 5.02 Å². The van der Waals surface area contributed by atoms with E-state index in [1.54, 1.807) is 0 Å². The smallest absolute Gasteiger partial charge is 0.0982 e. The number of para-hydroxylation sites is 1. The minimum atomic E-state index is -0.480. The van der Waals surface area contributed by atoms with Crippen LogP contribution in [0.3, 0.4) is 0 Å². The maximum Gasteiger partial charge on any atom is 0.0982 e. The molecular weight excluding hydrogens is 352 g/mol. The van der Waals surface area contributed by atoms with Gasteiger partial charge in [0.2, 0.25) is 0 Å². The van der Waals surface area contributed by atoms with Crippen molar-refractivity contribution in [3.8, 4) is 0 Å². The van der Waals surface area contributed by atoms with Crippen LogP contribution in [0, 0.1) is 0 Å². The lowest BCUT2D eigenvalue weighted by Gasteiger charge is -2.33. The number of likely N-dealkylation sites (tertiary alicyclic amines) is 1. The fourth-order valence-corrected chi connectivity index (χ4v) is 4.74. The van der Waals surface area contributed by atoms with Crippen molar-refractivity contribution in [1.29, 1.82) is 0 Å². The van der Waals surface area contributed by atoms with Gasteiger partial charge in [0.15, 0.2) is 0 Å². The second-order valence-corrected chi connectivity index (χ2v) is 8.18. The number of hydrogen-bond donors (Lipinski definition) is 1. The third-order valence-corrected chi connectivity index (χ3v) is 6.30. The summed E-state index contributed by atoms with van der Waals surface area (Å²) in [5.41, 5.74) is 2.02. The van der Waals surface area contributed by atoms with Gasteiger partial charge in [-0.3, -0.25) is 4.90 Å². The minimum absolute atomic E-state index is 0.462. The maximum absolute atomic E-state index is 10.5. The summed E-state index contributed by atoms with van der Waals surface area (Å²) in [4.78, 5) is 7.19. The third kappa shape index (κ3) is 3.87. The second-order valence-electron chi connectivity index (χ2n) is 6.69. The molecule has 2 atom stereocenters. The Balaban J connectivity index is 1.44. The highest BCUT2D eigenvalue weighted by molar-refractivity contribution is 7.18. The first-order chi connectivity index (χ1) is 12.2. The molecule has 3 nitrogen and oxygen atoms in total. The van der Waals surface area contributed by atoms with E-state index in [0.29, 0.717) is 17.5 Å². The van der Waals surface area contributed by atoms with Gasteiger partial charge in [-0.2, -0.15) is 0 Å². The Labute approximate surface area is 156 Å². The molecule has 1 fully saturated rings. The Hall–Kier alpha value is -1.46. The topological polar surface area (TPSA) is 36.4 Å². The van der Waals surface area contributed by atoms with Gasteiger partial charge < -0.3 is 5.11 Å². The van der Waals surface area contributed by atoms with E-state index >= 15 is 0 Å². The Bertz CT molecular complexity index is 815. The van der Waals surface area contributed by atoms with Crippen LogP contribution in [-0.4, -0.2) is 34.6 Å². The van der Waals surface area contributed by atoms with Crippen LogP contribution >= 0.6 is 22.9 Å². The largest absolute Gasteiger partial charge is 0.387 e. The van der Waals surface area contributed by atoms with Crippen molar-refractivity contribution in [2.24, 2.45) is 0 Å². The summed E-state index contributed by atoms with van der Waals surface area (Å²) in [5.74, 6) is 0.462. The molecule has 1 saturated heterocycles. The van der Waals surface area contributed by atoms with Gasteiger partial charge in [0, 0.05) is 24.0 Å². The average molecular weight is 373 g/mol. The number of aliphatic hydroxyl groups excluding tert-OH is 1. The first-order valence-electron chi connectivity index (χ1n) is 8.70. The molecule has 0 saturated carbocycles. The molecular formula is C20H21ClN2OS. The number of fused-ring (bicyclic) bond motifs is 1. The molecule has 1 aliphatic rings. The van der Waals surface area contributed by atoms with E-state index in [1.165, 1.54) is 16.1 Å². The lowest BCUT2D eigenvalue weighted by atomic mass is 9.98. The molecule has 2 aromatic carbocycles. The number of nitrogens with zero attached hydrogens (tertiary/aromatic N) is 2. The lowest BCUT2D eigenvalue weighted by molar-refractivity contribution is 0.0955. The molecule has 5 heteroatoms. The normalized spacial score (nSPS) is 20.0. The molecule has 1 aromatic heterocycles. The Morgan fingerprint density at radius 2 is 2.00 bits per heavy atom. The van der Waals surface area contributed by atoms with Gasteiger partial charge in [-0.15, -0.1) is 11.3 Å². The van der Waals surface area contributed by atoms with Crippen molar-refractivity contribution in [2.45, 2.75) is 24.9 Å². The molecule has 2 heterocycles. The standard InChI is InChI=1S/C20H21ClN2OS/c21-16-9-7-14(8-10-16)18(24)13-23-11-3-4-15(12-23)20-22-17-5-1-2-6-19(17)25-20/h1-2,5-10,15,18,24H,3-4,11-13H2/t15-,18+/m1/s1. The first-order valence-corrected chi connectivity index (χ1v) is 9.90. The van der Waals surface area contributed by atoms with Gasteiger partial charge in [-0.25, -0.2) is 4.98 Å². The summed E-state index contributed by atoms with van der Waals surface area (Å²) in [7, 11) is 0. The molecule has 1 N–H and O–H groups in total. The molecule has 0 spiro atoms. The number of halogens is 1. The predicted molar refractivity (Wildman–Crippen MR) is 104 cm³/mol. The van der Waals surface area contributed by atoms with Crippen LogP contribution in [0.1, 0.15) is 35.4 Å². The second kappa shape index (κ2) is 7.42. The molecule has 130 valence electrons. The number of rotatable bonds is 4. The van der Waals surface area contributed by atoms with Crippen molar-refractivity contribution in [3.63, 3.8) is 0 Å². The minimum Gasteiger partial charge on any atom is -0.387 e. The van der Waals surface area contributed by atoms with Crippen LogP contribution in [0.25, 0.3) is 10.2 Å². The van der Waals surface area contributed by atoms with Gasteiger partial charge in [0.25, 0.3) is 0 Å². The van der Waals surface area contributed by atoms with E-state index in [0.717, 1.165) is 30.6 Å². The van der Waals surface area contributed by atoms with Gasteiger partial charge in [0.1, 0.15) is 0 Å². The van der Waals surface area contributed by atoms with Crippen LogP contribution in [0.5, 0.6) is 0 Å². The SMILES string of the molecule is O[C@@H](CN1CCC[C@@H](c2nc3ccccc3s2)C1)c1ccc(Cl)cc1. The van der Waals surface area contributed by atoms with Gasteiger partial charge in [0.05, 0.1) is 21.3 Å². The molecule has 3 aromatic rings. The molecule has 0 radical (unpaired) electrons. The molecule has 0 unspecified atom stereocenters. The zero-order chi connectivity index (χ0) is 17.2. The zero-order valence-corrected chi connectivity index (χ0v) is 15.5. The fraction of sp³-hybridized carbons (Fsp3) is 0.350. The van der Waals surface area contributed by atoms with E-state index in [4.69, 9.17) is 16.6 Å². The monoisotopic (exact) mass is 372 g/mol. The van der Waals surface area contributed by atoms with Crippen molar-refractivity contribution >= 4 is 33.2 Å². The Morgan fingerprint density at radius 1 is 1.20 bits per heavy atom. The van der Waals surface area contributed by atoms with Crippen molar-refractivity contribution in [1.82, 2.24) is 9.88 Å². The number of thiazole rings is 1. The lowest BCUT2D eigenvalue weighted by Crippen LogP contribution is -2.37. The van der Waals surface area contributed by atoms with Gasteiger partial charge in [-0.05, 0) is 49.2 Å². The number of hydrogen-bond acceptors (Lipinski definition) is 4. The number of piperidine rings is 1. The number of benzene rings is 2. The van der Waals surface area contributed by atoms with Gasteiger partial charge in [-0.1, -0.05) is 35.9 Å². The van der Waals surface area contributed by atoms with Crippen molar-refractivity contribution in [3.05, 3.63) is 64.1 Å².